The van der Waals surface area contributed by atoms with Crippen molar-refractivity contribution in [3.05, 3.63) is 95.7 Å². The molecule has 0 N–H and O–H groups in total. The number of aromatic nitrogens is 3. The van der Waals surface area contributed by atoms with E-state index in [9.17, 15) is 4.79 Å². The summed E-state index contributed by atoms with van der Waals surface area (Å²) in [6.45, 7) is 5.07. The Balaban J connectivity index is 1.48. The van der Waals surface area contributed by atoms with Crippen LogP contribution in [0.25, 0.3) is 5.69 Å². The van der Waals surface area contributed by atoms with Crippen molar-refractivity contribution in [2.75, 3.05) is 5.75 Å². The van der Waals surface area contributed by atoms with E-state index in [2.05, 4.69) is 42.2 Å². The molecular weight excluding hydrogens is 408 g/mol. The van der Waals surface area contributed by atoms with E-state index in [1.165, 1.54) is 17.3 Å². The second-order valence-electron chi connectivity index (χ2n) is 7.38. The van der Waals surface area contributed by atoms with Gasteiger partial charge in [-0.3, -0.25) is 9.36 Å². The summed E-state index contributed by atoms with van der Waals surface area (Å²) in [7, 11) is 0. The van der Waals surface area contributed by atoms with Gasteiger partial charge in [-0.1, -0.05) is 59.8 Å². The molecular formula is C24H24N4O2S. The van der Waals surface area contributed by atoms with E-state index in [1.54, 1.807) is 17.5 Å². The number of carbonyl (C=O) groups is 1. The highest BCUT2D eigenvalue weighted by Crippen LogP contribution is 2.23. The lowest BCUT2D eigenvalue weighted by molar-refractivity contribution is -0.129. The molecule has 2 aromatic carbocycles. The van der Waals surface area contributed by atoms with E-state index in [0.717, 1.165) is 22.6 Å². The molecule has 0 fully saturated rings. The average molecular weight is 433 g/mol. The van der Waals surface area contributed by atoms with E-state index in [4.69, 9.17) is 4.42 Å². The maximum Gasteiger partial charge on any atom is 0.233 e. The maximum absolute atomic E-state index is 13.1. The number of rotatable bonds is 8. The van der Waals surface area contributed by atoms with Crippen molar-refractivity contribution in [3.63, 3.8) is 0 Å². The van der Waals surface area contributed by atoms with Gasteiger partial charge in [-0.05, 0) is 43.2 Å². The van der Waals surface area contributed by atoms with Crippen LogP contribution in [0.2, 0.25) is 0 Å². The molecule has 1 amide bonds. The highest BCUT2D eigenvalue weighted by molar-refractivity contribution is 7.99. The monoisotopic (exact) mass is 432 g/mol. The molecule has 2 aromatic heterocycles. The molecule has 0 atom stereocenters. The van der Waals surface area contributed by atoms with Crippen molar-refractivity contribution in [3.8, 4) is 5.69 Å². The first-order valence-corrected chi connectivity index (χ1v) is 11.0. The third-order valence-electron chi connectivity index (χ3n) is 4.95. The summed E-state index contributed by atoms with van der Waals surface area (Å²) in [6, 6.07) is 19.9. The van der Waals surface area contributed by atoms with E-state index < -0.39 is 0 Å². The fourth-order valence-electron chi connectivity index (χ4n) is 3.41. The minimum atomic E-state index is 0.0143. The molecule has 0 saturated heterocycles. The number of thioether (sulfide) groups is 1. The summed E-state index contributed by atoms with van der Waals surface area (Å²) < 4.78 is 7.41. The van der Waals surface area contributed by atoms with Gasteiger partial charge >= 0.3 is 0 Å². The van der Waals surface area contributed by atoms with Crippen LogP contribution in [0.5, 0.6) is 0 Å². The van der Waals surface area contributed by atoms with E-state index in [1.807, 2.05) is 47.0 Å². The van der Waals surface area contributed by atoms with Gasteiger partial charge in [0.1, 0.15) is 12.1 Å². The lowest BCUT2D eigenvalue weighted by Gasteiger charge is -2.22. The largest absolute Gasteiger partial charge is 0.467 e. The highest BCUT2D eigenvalue weighted by Gasteiger charge is 2.18. The minimum Gasteiger partial charge on any atom is -0.467 e. The average Bonchev–Trinajstić information content (AvgIpc) is 3.44. The number of nitrogens with zero attached hydrogens (tertiary/aromatic N) is 4. The van der Waals surface area contributed by atoms with E-state index in [-0.39, 0.29) is 11.7 Å². The van der Waals surface area contributed by atoms with Gasteiger partial charge in [0, 0.05) is 6.54 Å². The third-order valence-corrected chi connectivity index (χ3v) is 5.88. The lowest BCUT2D eigenvalue weighted by atomic mass is 10.1. The summed E-state index contributed by atoms with van der Waals surface area (Å²) >= 11 is 1.39. The summed E-state index contributed by atoms with van der Waals surface area (Å²) in [5.41, 5.74) is 4.43. The topological polar surface area (TPSA) is 64.2 Å². The number of amides is 1. The smallest absolute Gasteiger partial charge is 0.233 e. The van der Waals surface area contributed by atoms with Crippen LogP contribution in [-0.4, -0.2) is 31.3 Å². The van der Waals surface area contributed by atoms with Gasteiger partial charge in [-0.2, -0.15) is 0 Å². The van der Waals surface area contributed by atoms with Crippen LogP contribution in [0.4, 0.5) is 0 Å². The predicted octanol–water partition coefficient (Wildman–Crippen LogP) is 4.80. The third kappa shape index (κ3) is 5.24. The van der Waals surface area contributed by atoms with Crippen LogP contribution in [0.1, 0.15) is 22.5 Å². The zero-order chi connectivity index (χ0) is 21.6. The number of carbonyl (C=O) groups excluding carboxylic acids is 1. The summed E-state index contributed by atoms with van der Waals surface area (Å²) in [6.07, 6.45) is 3.32. The van der Waals surface area contributed by atoms with Crippen LogP contribution in [0.3, 0.4) is 0 Å². The lowest BCUT2D eigenvalue weighted by Crippen LogP contribution is -2.31. The quantitative estimate of drug-likeness (QED) is 0.374. The van der Waals surface area contributed by atoms with Crippen LogP contribution in [0.15, 0.2) is 82.8 Å². The van der Waals surface area contributed by atoms with Gasteiger partial charge in [-0.25, -0.2) is 0 Å². The summed E-state index contributed by atoms with van der Waals surface area (Å²) in [5.74, 6) is 1.03. The molecule has 4 aromatic rings. The molecule has 0 aliphatic heterocycles. The molecule has 4 rings (SSSR count). The van der Waals surface area contributed by atoms with Crippen molar-refractivity contribution in [1.29, 1.82) is 0 Å². The maximum atomic E-state index is 13.1. The Bertz CT molecular complexity index is 1140. The zero-order valence-electron chi connectivity index (χ0n) is 17.6. The Hall–Kier alpha value is -3.32. The number of hydrogen-bond donors (Lipinski definition) is 0. The zero-order valence-corrected chi connectivity index (χ0v) is 18.4. The second-order valence-corrected chi connectivity index (χ2v) is 8.32. The molecule has 158 valence electrons. The van der Waals surface area contributed by atoms with Crippen molar-refractivity contribution >= 4 is 17.7 Å². The van der Waals surface area contributed by atoms with Crippen LogP contribution < -0.4 is 0 Å². The standard InChI is InChI=1S/C24H24N4O2S/c1-18-10-11-22(19(2)13-18)28-17-25-26-24(28)31-16-23(29)27(15-21-9-6-12-30-21)14-20-7-4-3-5-8-20/h3-13,17H,14-16H2,1-2H3. The fourth-order valence-corrected chi connectivity index (χ4v) is 4.23. The van der Waals surface area contributed by atoms with Crippen molar-refractivity contribution in [2.24, 2.45) is 0 Å². The Morgan fingerprint density at radius 3 is 2.65 bits per heavy atom. The molecule has 0 bridgehead atoms. The summed E-state index contributed by atoms with van der Waals surface area (Å²) in [4.78, 5) is 14.9. The van der Waals surface area contributed by atoms with Crippen LogP contribution in [-0.2, 0) is 17.9 Å². The van der Waals surface area contributed by atoms with Crippen LogP contribution >= 0.6 is 11.8 Å². The molecule has 31 heavy (non-hydrogen) atoms. The van der Waals surface area contributed by atoms with E-state index in [0.29, 0.717) is 18.2 Å². The van der Waals surface area contributed by atoms with Crippen molar-refractivity contribution in [1.82, 2.24) is 19.7 Å². The normalized spacial score (nSPS) is 10.9. The van der Waals surface area contributed by atoms with Crippen molar-refractivity contribution < 1.29 is 9.21 Å². The number of benzene rings is 2. The number of aryl methyl sites for hydroxylation is 2. The summed E-state index contributed by atoms with van der Waals surface area (Å²) in [5, 5.41) is 8.99. The first-order valence-electron chi connectivity index (χ1n) is 10.0. The van der Waals surface area contributed by atoms with Crippen molar-refractivity contribution in [2.45, 2.75) is 32.1 Å². The molecule has 0 unspecified atom stereocenters. The molecule has 6 nitrogen and oxygen atoms in total. The number of furan rings is 1. The van der Waals surface area contributed by atoms with Gasteiger partial charge in [0.25, 0.3) is 0 Å². The molecule has 0 saturated carbocycles. The van der Waals surface area contributed by atoms with Gasteiger partial charge in [0.15, 0.2) is 5.16 Å². The molecule has 0 aliphatic carbocycles. The molecule has 7 heteroatoms. The van der Waals surface area contributed by atoms with Gasteiger partial charge in [0.2, 0.25) is 5.91 Å². The molecule has 0 aliphatic rings. The Morgan fingerprint density at radius 2 is 1.90 bits per heavy atom. The molecule has 2 heterocycles. The minimum absolute atomic E-state index is 0.0143. The first kappa shape index (κ1) is 20.9. The van der Waals surface area contributed by atoms with E-state index >= 15 is 0 Å². The number of hydrogen-bond acceptors (Lipinski definition) is 5. The fraction of sp³-hybridized carbons (Fsp3) is 0.208. The van der Waals surface area contributed by atoms with Gasteiger partial charge in [-0.15, -0.1) is 10.2 Å². The highest BCUT2D eigenvalue weighted by atomic mass is 32.2. The molecule has 0 radical (unpaired) electrons. The first-order chi connectivity index (χ1) is 15.1. The second kappa shape index (κ2) is 9.66. The molecule has 0 spiro atoms. The van der Waals surface area contributed by atoms with Gasteiger partial charge < -0.3 is 9.32 Å². The Kier molecular flexibility index (Phi) is 6.52. The Morgan fingerprint density at radius 1 is 1.06 bits per heavy atom. The van der Waals surface area contributed by atoms with Gasteiger partial charge in [0.05, 0.1) is 24.2 Å². The van der Waals surface area contributed by atoms with Crippen LogP contribution in [0, 0.1) is 13.8 Å². The Labute approximate surface area is 185 Å². The predicted molar refractivity (Wildman–Crippen MR) is 121 cm³/mol. The SMILES string of the molecule is Cc1ccc(-n2cnnc2SCC(=O)N(Cc2ccccc2)Cc2ccco2)c(C)c1.